The Kier molecular flexibility index (Phi) is 5.21. The zero-order chi connectivity index (χ0) is 20.3. The third-order valence-electron chi connectivity index (χ3n) is 4.68. The number of aliphatic imine (C=N–C) groups is 2. The van der Waals surface area contributed by atoms with Gasteiger partial charge in [0.05, 0.1) is 25.4 Å². The molecule has 1 fully saturated rings. The van der Waals surface area contributed by atoms with Crippen molar-refractivity contribution >= 4 is 34.5 Å². The van der Waals surface area contributed by atoms with Crippen molar-refractivity contribution in [3.05, 3.63) is 24.4 Å². The highest BCUT2D eigenvalue weighted by Gasteiger charge is 2.45. The molecule has 2 aromatic rings. The van der Waals surface area contributed by atoms with Crippen molar-refractivity contribution in [2.24, 2.45) is 9.98 Å². The first-order valence-corrected chi connectivity index (χ1v) is 9.48. The molecule has 1 aromatic heterocycles. The molecule has 0 amide bonds. The van der Waals surface area contributed by atoms with Crippen molar-refractivity contribution in [1.82, 2.24) is 25.7 Å². The number of piperazine rings is 1. The monoisotopic (exact) mass is 400 g/mol. The van der Waals surface area contributed by atoms with Gasteiger partial charge in [0, 0.05) is 37.3 Å². The summed E-state index contributed by atoms with van der Waals surface area (Å²) in [5.74, 6) is -1.82. The predicted octanol–water partition coefficient (Wildman–Crippen LogP) is 0.0585. The molecule has 1 atom stereocenters. The first-order valence-electron chi connectivity index (χ1n) is 9.48. The molecule has 1 saturated heterocycles. The Morgan fingerprint density at radius 2 is 2.14 bits per heavy atom. The van der Waals surface area contributed by atoms with Crippen molar-refractivity contribution in [1.29, 1.82) is 0 Å². The summed E-state index contributed by atoms with van der Waals surface area (Å²) < 4.78 is 10.7. The number of benzene rings is 1. The Bertz CT molecular complexity index is 949. The number of ether oxygens (including phenoxy) is 2. The molecule has 11 heteroatoms. The summed E-state index contributed by atoms with van der Waals surface area (Å²) >= 11 is 0. The normalized spacial score (nSPS) is 21.8. The van der Waals surface area contributed by atoms with Gasteiger partial charge < -0.3 is 25.0 Å². The first-order chi connectivity index (χ1) is 14.1. The van der Waals surface area contributed by atoms with Gasteiger partial charge in [0.1, 0.15) is 0 Å². The van der Waals surface area contributed by atoms with Crippen LogP contribution in [-0.4, -0.2) is 78.7 Å². The van der Waals surface area contributed by atoms with Crippen LogP contribution in [0.4, 0.5) is 5.69 Å². The minimum Gasteiger partial charge on any atom is -0.468 e. The molecule has 4 rings (SSSR count). The molecule has 2 aliphatic heterocycles. The van der Waals surface area contributed by atoms with Crippen LogP contribution >= 0.6 is 0 Å². The van der Waals surface area contributed by atoms with Gasteiger partial charge in [0.15, 0.2) is 0 Å². The van der Waals surface area contributed by atoms with E-state index in [1.54, 1.807) is 13.1 Å². The second-order valence-corrected chi connectivity index (χ2v) is 6.61. The fraction of sp³-hybridized carbons (Fsp3) is 0.444. The van der Waals surface area contributed by atoms with Gasteiger partial charge in [0.25, 0.3) is 6.02 Å². The highest BCUT2D eigenvalue weighted by Crippen LogP contribution is 2.26. The maximum atomic E-state index is 13.0. The fourth-order valence-electron chi connectivity index (χ4n) is 3.25. The summed E-state index contributed by atoms with van der Waals surface area (Å²) in [4.78, 5) is 24.1. The molecule has 154 valence electrons. The Hall–Kier alpha value is -3.34. The van der Waals surface area contributed by atoms with E-state index in [1.165, 1.54) is 7.11 Å². The van der Waals surface area contributed by atoms with Crippen LogP contribution in [0, 0.1) is 0 Å². The van der Waals surface area contributed by atoms with Gasteiger partial charge in [0.2, 0.25) is 5.96 Å². The Labute approximate surface area is 167 Å². The summed E-state index contributed by atoms with van der Waals surface area (Å²) in [6.45, 7) is 5.05. The molecule has 2 aliphatic rings. The first kappa shape index (κ1) is 19.0. The summed E-state index contributed by atoms with van der Waals surface area (Å²) in [5, 5.41) is 17.3. The summed E-state index contributed by atoms with van der Waals surface area (Å²) in [7, 11) is 1.49. The summed E-state index contributed by atoms with van der Waals surface area (Å²) in [5.41, 5.74) is 1.54. The quantitative estimate of drug-likeness (QED) is 0.531. The third kappa shape index (κ3) is 3.81. The lowest BCUT2D eigenvalue weighted by molar-refractivity contribution is -0.148. The number of carbonyl (C=O) groups excluding carboxylic acids is 1. The highest BCUT2D eigenvalue weighted by molar-refractivity contribution is 6.02. The van der Waals surface area contributed by atoms with Crippen LogP contribution in [0.25, 0.3) is 10.9 Å². The van der Waals surface area contributed by atoms with E-state index >= 15 is 0 Å². The average molecular weight is 400 g/mol. The van der Waals surface area contributed by atoms with Crippen LogP contribution in [0.3, 0.4) is 0 Å². The fourth-order valence-corrected chi connectivity index (χ4v) is 3.25. The number of H-pyrrole nitrogens is 1. The molecule has 11 nitrogen and oxygen atoms in total. The molecule has 0 aliphatic carbocycles. The van der Waals surface area contributed by atoms with Gasteiger partial charge in [-0.3, -0.25) is 10.4 Å². The number of nitrogens with zero attached hydrogens (tertiary/aromatic N) is 4. The van der Waals surface area contributed by atoms with Crippen LogP contribution in [0.2, 0.25) is 0 Å². The lowest BCUT2D eigenvalue weighted by Crippen LogP contribution is -2.58. The van der Waals surface area contributed by atoms with E-state index in [1.807, 2.05) is 23.1 Å². The lowest BCUT2D eigenvalue weighted by Gasteiger charge is -2.36. The van der Waals surface area contributed by atoms with Crippen molar-refractivity contribution in [3.63, 3.8) is 0 Å². The van der Waals surface area contributed by atoms with Crippen LogP contribution in [-0.2, 0) is 14.3 Å². The van der Waals surface area contributed by atoms with Crippen LogP contribution < -0.4 is 16.0 Å². The van der Waals surface area contributed by atoms with Gasteiger partial charge in [-0.25, -0.2) is 4.79 Å². The maximum absolute atomic E-state index is 13.0. The van der Waals surface area contributed by atoms with Gasteiger partial charge >= 0.3 is 11.8 Å². The molecular formula is C18H24N8O3. The topological polar surface area (TPSA) is 128 Å². The molecule has 0 radical (unpaired) electrons. The van der Waals surface area contributed by atoms with E-state index in [9.17, 15) is 4.79 Å². The largest absolute Gasteiger partial charge is 0.468 e. The summed E-state index contributed by atoms with van der Waals surface area (Å²) in [6, 6.07) is 5.74. The second-order valence-electron chi connectivity index (χ2n) is 6.61. The molecular weight excluding hydrogens is 376 g/mol. The maximum Gasteiger partial charge on any atom is 0.379 e. The number of nitrogens with one attached hydrogen (secondary N) is 4. The number of esters is 1. The van der Waals surface area contributed by atoms with Gasteiger partial charge in [-0.2, -0.15) is 15.1 Å². The predicted molar refractivity (Wildman–Crippen MR) is 109 cm³/mol. The van der Waals surface area contributed by atoms with E-state index < -0.39 is 11.8 Å². The molecule has 0 bridgehead atoms. The average Bonchev–Trinajstić information content (AvgIpc) is 3.22. The zero-order valence-corrected chi connectivity index (χ0v) is 16.4. The smallest absolute Gasteiger partial charge is 0.379 e. The number of hydrogen-bond acceptors (Lipinski definition) is 10. The van der Waals surface area contributed by atoms with Crippen molar-refractivity contribution in [2.75, 3.05) is 45.2 Å². The Balaban J connectivity index is 1.74. The van der Waals surface area contributed by atoms with E-state index in [2.05, 4.69) is 36.1 Å². The minimum atomic E-state index is -1.70. The third-order valence-corrected chi connectivity index (χ3v) is 4.68. The van der Waals surface area contributed by atoms with Crippen molar-refractivity contribution in [3.8, 4) is 0 Å². The Morgan fingerprint density at radius 3 is 2.90 bits per heavy atom. The number of aromatic nitrogens is 2. The molecule has 1 unspecified atom stereocenters. The standard InChI is InChI=1S/C18H24N8O3/c1-3-29-15(27)18(22-13-4-5-14-12(10-13)11-20-25-14)23-16(21-17(24-18)28-2)26-8-6-19-7-9-26/h4-5,10-11,19,22H,3,6-9H2,1-2H3,(H,20,25)(H,21,23,24). The number of hydrogen-bond donors (Lipinski definition) is 4. The Morgan fingerprint density at radius 1 is 1.31 bits per heavy atom. The van der Waals surface area contributed by atoms with E-state index in [-0.39, 0.29) is 12.6 Å². The van der Waals surface area contributed by atoms with E-state index in [0.29, 0.717) is 11.6 Å². The summed E-state index contributed by atoms with van der Waals surface area (Å²) in [6.07, 6.45) is 1.71. The van der Waals surface area contributed by atoms with Crippen LogP contribution in [0.1, 0.15) is 6.92 Å². The zero-order valence-electron chi connectivity index (χ0n) is 16.4. The molecule has 1 aromatic carbocycles. The minimum absolute atomic E-state index is 0.179. The van der Waals surface area contributed by atoms with Gasteiger partial charge in [-0.15, -0.1) is 0 Å². The van der Waals surface area contributed by atoms with Gasteiger partial charge in [-0.1, -0.05) is 0 Å². The number of carbonyl (C=O) groups is 1. The lowest BCUT2D eigenvalue weighted by atomic mass is 10.2. The molecule has 3 heterocycles. The van der Waals surface area contributed by atoms with Crippen LogP contribution in [0.15, 0.2) is 34.4 Å². The van der Waals surface area contributed by atoms with E-state index in [4.69, 9.17) is 9.47 Å². The molecule has 0 saturated carbocycles. The number of anilines is 1. The van der Waals surface area contributed by atoms with Crippen LogP contribution in [0.5, 0.6) is 0 Å². The number of amidine groups is 1. The highest BCUT2D eigenvalue weighted by atomic mass is 16.5. The SMILES string of the molecule is CCOC(=O)C1(Nc2ccc3[nH]ncc3c2)N=C(OC)NC(N2CCNCC2)=N1. The molecule has 29 heavy (non-hydrogen) atoms. The number of fused-ring (bicyclic) bond motifs is 1. The van der Waals surface area contributed by atoms with Crippen molar-refractivity contribution < 1.29 is 14.3 Å². The number of guanidine groups is 1. The molecule has 4 N–H and O–H groups in total. The van der Waals surface area contributed by atoms with Crippen molar-refractivity contribution in [2.45, 2.75) is 12.7 Å². The number of rotatable bonds is 4. The second kappa shape index (κ2) is 7.95. The molecule has 0 spiro atoms. The van der Waals surface area contributed by atoms with Gasteiger partial charge in [-0.05, 0) is 25.1 Å². The number of aromatic amines is 1. The number of methoxy groups -OCH3 is 1. The van der Waals surface area contributed by atoms with E-state index in [0.717, 1.165) is 37.1 Å².